The number of thiophene rings is 1. The molecule has 6 nitrogen and oxygen atoms in total. The maximum atomic E-state index is 13.2. The summed E-state index contributed by atoms with van der Waals surface area (Å²) in [6.45, 7) is 3.28. The van der Waals surface area contributed by atoms with Crippen LogP contribution in [0.4, 0.5) is 0 Å². The third-order valence-corrected chi connectivity index (χ3v) is 10.2. The van der Waals surface area contributed by atoms with Crippen molar-refractivity contribution in [2.75, 3.05) is 39.3 Å². The van der Waals surface area contributed by atoms with E-state index in [4.69, 9.17) is 11.6 Å². The topological polar surface area (TPSA) is 60.9 Å². The van der Waals surface area contributed by atoms with Gasteiger partial charge < -0.3 is 4.90 Å². The highest BCUT2D eigenvalue weighted by Crippen LogP contribution is 2.37. The molecule has 3 heterocycles. The standard InChI is InChI=1S/C27H30ClN3O3S2/c28-22-7-9-23(10-8-22)36(33,34)31-15-4-14-29(18-19-31)26(32)12-17-30-16-11-25-24(13-20-35-25)27(30)21-5-2-1-3-6-21/h1-3,5-10,13,20,27H,4,11-12,14-19H2/t27-/m0/s1. The minimum absolute atomic E-state index is 0.0867. The van der Waals surface area contributed by atoms with Gasteiger partial charge in [0.25, 0.3) is 0 Å². The van der Waals surface area contributed by atoms with Crippen LogP contribution in [0.1, 0.15) is 34.9 Å². The highest BCUT2D eigenvalue weighted by atomic mass is 35.5. The third kappa shape index (κ3) is 5.38. The Morgan fingerprint density at radius 1 is 0.944 bits per heavy atom. The van der Waals surface area contributed by atoms with Gasteiger partial charge in [-0.15, -0.1) is 11.3 Å². The molecule has 0 unspecified atom stereocenters. The molecule has 0 N–H and O–H groups in total. The Morgan fingerprint density at radius 3 is 2.50 bits per heavy atom. The van der Waals surface area contributed by atoms with Gasteiger partial charge in [-0.25, -0.2) is 8.42 Å². The number of carbonyl (C=O) groups is 1. The number of hydrogen-bond acceptors (Lipinski definition) is 5. The van der Waals surface area contributed by atoms with Gasteiger partial charge in [-0.1, -0.05) is 41.9 Å². The van der Waals surface area contributed by atoms with Crippen LogP contribution in [0.3, 0.4) is 0 Å². The maximum absolute atomic E-state index is 13.2. The number of rotatable bonds is 6. The van der Waals surface area contributed by atoms with Gasteiger partial charge in [-0.3, -0.25) is 9.69 Å². The molecule has 5 rings (SSSR count). The molecule has 1 aromatic heterocycles. The van der Waals surface area contributed by atoms with Gasteiger partial charge in [-0.2, -0.15) is 4.31 Å². The molecule has 1 saturated heterocycles. The molecule has 2 aliphatic heterocycles. The second-order valence-corrected chi connectivity index (χ2v) is 12.6. The number of amides is 1. The Balaban J connectivity index is 1.22. The van der Waals surface area contributed by atoms with Gasteiger partial charge in [0, 0.05) is 55.6 Å². The zero-order valence-electron chi connectivity index (χ0n) is 20.1. The van der Waals surface area contributed by atoms with Crippen LogP contribution in [-0.2, 0) is 21.2 Å². The molecule has 0 radical (unpaired) electrons. The molecule has 1 atom stereocenters. The predicted molar refractivity (Wildman–Crippen MR) is 144 cm³/mol. The fraction of sp³-hybridized carbons (Fsp3) is 0.370. The second kappa shape index (κ2) is 11.0. The zero-order valence-corrected chi connectivity index (χ0v) is 22.4. The largest absolute Gasteiger partial charge is 0.341 e. The second-order valence-electron chi connectivity index (χ2n) is 9.24. The van der Waals surface area contributed by atoms with Gasteiger partial charge in [0.1, 0.15) is 0 Å². The van der Waals surface area contributed by atoms with Crippen LogP contribution in [0.25, 0.3) is 0 Å². The lowest BCUT2D eigenvalue weighted by Gasteiger charge is -2.36. The first-order valence-electron chi connectivity index (χ1n) is 12.3. The highest BCUT2D eigenvalue weighted by Gasteiger charge is 2.31. The maximum Gasteiger partial charge on any atom is 0.243 e. The number of hydrogen-bond donors (Lipinski definition) is 0. The Kier molecular flexibility index (Phi) is 7.79. The molecule has 2 aliphatic rings. The van der Waals surface area contributed by atoms with E-state index >= 15 is 0 Å². The van der Waals surface area contributed by atoms with Gasteiger partial charge in [0.2, 0.25) is 15.9 Å². The van der Waals surface area contributed by atoms with Crippen LogP contribution in [0, 0.1) is 0 Å². The molecule has 1 fully saturated rings. The number of carbonyl (C=O) groups excluding carboxylic acids is 1. The van der Waals surface area contributed by atoms with E-state index in [0.717, 1.165) is 13.0 Å². The molecule has 0 saturated carbocycles. The van der Waals surface area contributed by atoms with Crippen molar-refractivity contribution in [3.05, 3.63) is 87.1 Å². The normalized spacial score (nSPS) is 19.6. The molecule has 9 heteroatoms. The minimum Gasteiger partial charge on any atom is -0.341 e. The van der Waals surface area contributed by atoms with Gasteiger partial charge in [0.05, 0.1) is 10.9 Å². The summed E-state index contributed by atoms with van der Waals surface area (Å²) in [5, 5.41) is 2.66. The number of benzene rings is 2. The van der Waals surface area contributed by atoms with Gasteiger partial charge in [-0.05, 0) is 59.7 Å². The molecule has 0 bridgehead atoms. The van der Waals surface area contributed by atoms with E-state index in [0.29, 0.717) is 50.6 Å². The van der Waals surface area contributed by atoms with Gasteiger partial charge in [0.15, 0.2) is 0 Å². The Morgan fingerprint density at radius 2 is 1.72 bits per heavy atom. The van der Waals surface area contributed by atoms with Crippen LogP contribution < -0.4 is 0 Å². The molecular weight excluding hydrogens is 514 g/mol. The predicted octanol–water partition coefficient (Wildman–Crippen LogP) is 4.66. The summed E-state index contributed by atoms with van der Waals surface area (Å²) >= 11 is 7.74. The fourth-order valence-corrected chi connectivity index (χ4v) is 7.67. The Labute approximate surface area is 222 Å². The summed E-state index contributed by atoms with van der Waals surface area (Å²) in [7, 11) is -3.61. The number of halogens is 1. The lowest BCUT2D eigenvalue weighted by molar-refractivity contribution is -0.131. The van der Waals surface area contributed by atoms with Crippen LogP contribution in [0.2, 0.25) is 5.02 Å². The Bertz CT molecular complexity index is 1300. The van der Waals surface area contributed by atoms with E-state index in [1.807, 2.05) is 22.3 Å². The fourth-order valence-electron chi connectivity index (χ4n) is 5.17. The SMILES string of the molecule is O=C(CCN1CCc2sccc2[C@@H]1c1ccccc1)N1CCCN(S(=O)(=O)c2ccc(Cl)cc2)CC1. The van der Waals surface area contributed by atoms with Crippen LogP contribution in [0.5, 0.6) is 0 Å². The van der Waals surface area contributed by atoms with E-state index in [-0.39, 0.29) is 16.8 Å². The lowest BCUT2D eigenvalue weighted by atomic mass is 9.93. The molecular formula is C27H30ClN3O3S2. The van der Waals surface area contributed by atoms with E-state index in [1.54, 1.807) is 12.1 Å². The van der Waals surface area contributed by atoms with Crippen LogP contribution in [0.15, 0.2) is 70.9 Å². The quantitative estimate of drug-likeness (QED) is 0.453. The van der Waals surface area contributed by atoms with Crippen molar-refractivity contribution in [3.8, 4) is 0 Å². The van der Waals surface area contributed by atoms with Crippen molar-refractivity contribution in [3.63, 3.8) is 0 Å². The molecule has 0 spiro atoms. The van der Waals surface area contributed by atoms with Crippen molar-refractivity contribution in [2.24, 2.45) is 0 Å². The third-order valence-electron chi connectivity index (χ3n) is 7.05. The highest BCUT2D eigenvalue weighted by molar-refractivity contribution is 7.89. The van der Waals surface area contributed by atoms with Crippen molar-refractivity contribution in [2.45, 2.75) is 30.2 Å². The summed E-state index contributed by atoms with van der Waals surface area (Å²) in [6.07, 6.45) is 2.05. The monoisotopic (exact) mass is 543 g/mol. The summed E-state index contributed by atoms with van der Waals surface area (Å²) in [5.41, 5.74) is 2.60. The number of nitrogens with zero attached hydrogens (tertiary/aromatic N) is 3. The molecule has 190 valence electrons. The summed E-state index contributed by atoms with van der Waals surface area (Å²) in [4.78, 5) is 19.1. The summed E-state index contributed by atoms with van der Waals surface area (Å²) < 4.78 is 27.6. The van der Waals surface area contributed by atoms with Crippen molar-refractivity contribution < 1.29 is 13.2 Å². The smallest absolute Gasteiger partial charge is 0.243 e. The van der Waals surface area contributed by atoms with Crippen molar-refractivity contribution in [1.29, 1.82) is 0 Å². The minimum atomic E-state index is -3.61. The zero-order chi connectivity index (χ0) is 25.1. The first-order valence-corrected chi connectivity index (χ1v) is 15.0. The number of sulfonamides is 1. The first-order chi connectivity index (χ1) is 17.4. The van der Waals surface area contributed by atoms with Crippen LogP contribution >= 0.6 is 22.9 Å². The molecule has 3 aromatic rings. The van der Waals surface area contributed by atoms with Crippen molar-refractivity contribution >= 4 is 38.9 Å². The van der Waals surface area contributed by atoms with E-state index in [2.05, 4.69) is 40.6 Å². The lowest BCUT2D eigenvalue weighted by Crippen LogP contribution is -2.40. The summed E-state index contributed by atoms with van der Waals surface area (Å²) in [6, 6.07) is 19.1. The summed E-state index contributed by atoms with van der Waals surface area (Å²) in [5.74, 6) is 0.0867. The average Bonchev–Trinajstić information content (AvgIpc) is 3.22. The van der Waals surface area contributed by atoms with E-state index < -0.39 is 10.0 Å². The average molecular weight is 544 g/mol. The van der Waals surface area contributed by atoms with Crippen molar-refractivity contribution in [1.82, 2.24) is 14.1 Å². The first kappa shape index (κ1) is 25.4. The number of fused-ring (bicyclic) bond motifs is 1. The Hall–Kier alpha value is -2.23. The molecule has 0 aliphatic carbocycles. The van der Waals surface area contributed by atoms with E-state index in [1.165, 1.54) is 32.4 Å². The van der Waals surface area contributed by atoms with Gasteiger partial charge >= 0.3 is 0 Å². The molecule has 1 amide bonds. The molecule has 36 heavy (non-hydrogen) atoms. The molecule has 2 aromatic carbocycles. The van der Waals surface area contributed by atoms with E-state index in [9.17, 15) is 13.2 Å². The van der Waals surface area contributed by atoms with Crippen LogP contribution in [-0.4, -0.2) is 67.7 Å².